The fourth-order valence-electron chi connectivity index (χ4n) is 4.82. The molecule has 1 aliphatic heterocycles. The zero-order valence-corrected chi connectivity index (χ0v) is 21.7. The molecule has 0 aliphatic carbocycles. The van der Waals surface area contributed by atoms with Crippen molar-refractivity contribution in [3.8, 4) is 11.6 Å². The molecule has 1 amide bonds. The zero-order chi connectivity index (χ0) is 26.5. The van der Waals surface area contributed by atoms with Gasteiger partial charge in [-0.3, -0.25) is 4.79 Å². The van der Waals surface area contributed by atoms with Gasteiger partial charge in [0.05, 0.1) is 23.7 Å². The van der Waals surface area contributed by atoms with Crippen LogP contribution in [0.2, 0.25) is 0 Å². The normalized spacial score (nSPS) is 13.5. The Kier molecular flexibility index (Phi) is 7.63. The van der Waals surface area contributed by atoms with Crippen LogP contribution in [-0.2, 0) is 24.3 Å². The highest BCUT2D eigenvalue weighted by molar-refractivity contribution is 5.84. The van der Waals surface area contributed by atoms with Crippen molar-refractivity contribution in [2.75, 3.05) is 18.5 Å². The Morgan fingerprint density at radius 1 is 1.00 bits per heavy atom. The SMILES string of the molecule is CCC(C(=O)N1CCc2nc(N(C)Cc3ccccc3)nc(Oc3ccc(F)cc3)c2C1)c1ccccc1. The summed E-state index contributed by atoms with van der Waals surface area (Å²) in [7, 11) is 1.95. The van der Waals surface area contributed by atoms with Gasteiger partial charge in [0.1, 0.15) is 11.6 Å². The Labute approximate surface area is 222 Å². The molecular weight excluding hydrogens is 479 g/mol. The van der Waals surface area contributed by atoms with Crippen molar-refractivity contribution in [1.29, 1.82) is 0 Å². The first kappa shape index (κ1) is 25.4. The maximum atomic E-state index is 13.6. The Hall–Kier alpha value is -4.26. The van der Waals surface area contributed by atoms with Crippen LogP contribution >= 0.6 is 0 Å². The summed E-state index contributed by atoms with van der Waals surface area (Å²) < 4.78 is 19.7. The lowest BCUT2D eigenvalue weighted by molar-refractivity contribution is -0.133. The van der Waals surface area contributed by atoms with Crippen LogP contribution in [0, 0.1) is 5.82 Å². The van der Waals surface area contributed by atoms with Crippen LogP contribution in [0.1, 0.15) is 41.6 Å². The fourth-order valence-corrected chi connectivity index (χ4v) is 4.82. The van der Waals surface area contributed by atoms with E-state index in [1.807, 2.05) is 72.3 Å². The number of aromatic nitrogens is 2. The summed E-state index contributed by atoms with van der Waals surface area (Å²) in [4.78, 5) is 27.1. The van der Waals surface area contributed by atoms with Crippen molar-refractivity contribution in [3.05, 3.63) is 113 Å². The number of benzene rings is 3. The van der Waals surface area contributed by atoms with Crippen molar-refractivity contribution < 1.29 is 13.9 Å². The number of rotatable bonds is 8. The second-order valence-corrected chi connectivity index (χ2v) is 9.53. The number of carbonyl (C=O) groups is 1. The zero-order valence-electron chi connectivity index (χ0n) is 21.7. The maximum absolute atomic E-state index is 13.6. The van der Waals surface area contributed by atoms with E-state index < -0.39 is 0 Å². The second-order valence-electron chi connectivity index (χ2n) is 9.53. The van der Waals surface area contributed by atoms with Gasteiger partial charge in [0, 0.05) is 26.6 Å². The average molecular weight is 511 g/mol. The summed E-state index contributed by atoms with van der Waals surface area (Å²) >= 11 is 0. The van der Waals surface area contributed by atoms with E-state index in [0.29, 0.717) is 50.1 Å². The molecule has 1 aliphatic rings. The summed E-state index contributed by atoms with van der Waals surface area (Å²) in [6.45, 7) is 3.60. The topological polar surface area (TPSA) is 58.6 Å². The van der Waals surface area contributed by atoms with E-state index in [0.717, 1.165) is 22.4 Å². The van der Waals surface area contributed by atoms with Gasteiger partial charge >= 0.3 is 0 Å². The van der Waals surface area contributed by atoms with E-state index in [9.17, 15) is 9.18 Å². The van der Waals surface area contributed by atoms with E-state index in [-0.39, 0.29) is 17.6 Å². The van der Waals surface area contributed by atoms with Crippen molar-refractivity contribution in [2.24, 2.45) is 0 Å². The highest BCUT2D eigenvalue weighted by Crippen LogP contribution is 2.33. The van der Waals surface area contributed by atoms with Gasteiger partial charge in [-0.1, -0.05) is 67.6 Å². The van der Waals surface area contributed by atoms with Crippen molar-refractivity contribution >= 4 is 11.9 Å². The number of ether oxygens (including phenoxy) is 1. The number of carbonyl (C=O) groups excluding carboxylic acids is 1. The highest BCUT2D eigenvalue weighted by atomic mass is 19.1. The minimum absolute atomic E-state index is 0.0855. The monoisotopic (exact) mass is 510 g/mol. The largest absolute Gasteiger partial charge is 0.438 e. The number of amides is 1. The molecule has 38 heavy (non-hydrogen) atoms. The summed E-state index contributed by atoms with van der Waals surface area (Å²) in [6.07, 6.45) is 1.31. The predicted molar refractivity (Wildman–Crippen MR) is 146 cm³/mol. The summed E-state index contributed by atoms with van der Waals surface area (Å²) in [5.41, 5.74) is 3.81. The lowest BCUT2D eigenvalue weighted by Crippen LogP contribution is -2.39. The average Bonchev–Trinajstić information content (AvgIpc) is 2.95. The van der Waals surface area contributed by atoms with Crippen LogP contribution < -0.4 is 9.64 Å². The Bertz CT molecular complexity index is 1380. The lowest BCUT2D eigenvalue weighted by Gasteiger charge is -2.32. The molecule has 0 fully saturated rings. The molecule has 1 aromatic heterocycles. The van der Waals surface area contributed by atoms with Gasteiger partial charge in [-0.2, -0.15) is 4.98 Å². The van der Waals surface area contributed by atoms with Crippen LogP contribution in [0.4, 0.5) is 10.3 Å². The molecule has 0 bridgehead atoms. The molecule has 1 unspecified atom stereocenters. The number of fused-ring (bicyclic) bond motifs is 1. The Morgan fingerprint density at radius 2 is 1.68 bits per heavy atom. The maximum Gasteiger partial charge on any atom is 0.230 e. The van der Waals surface area contributed by atoms with E-state index >= 15 is 0 Å². The number of halogens is 1. The third-order valence-corrected chi connectivity index (χ3v) is 6.86. The molecule has 4 aromatic rings. The summed E-state index contributed by atoms with van der Waals surface area (Å²) in [6, 6.07) is 25.9. The van der Waals surface area contributed by atoms with Crippen LogP contribution in [0.25, 0.3) is 0 Å². The number of nitrogens with zero attached hydrogens (tertiary/aromatic N) is 4. The Balaban J connectivity index is 1.46. The van der Waals surface area contributed by atoms with E-state index in [4.69, 9.17) is 14.7 Å². The first-order valence-electron chi connectivity index (χ1n) is 12.9. The van der Waals surface area contributed by atoms with Crippen LogP contribution in [0.3, 0.4) is 0 Å². The van der Waals surface area contributed by atoms with Gasteiger partial charge in [-0.25, -0.2) is 9.37 Å². The molecule has 1 atom stereocenters. The van der Waals surface area contributed by atoms with E-state index in [1.165, 1.54) is 12.1 Å². The van der Waals surface area contributed by atoms with Crippen molar-refractivity contribution in [3.63, 3.8) is 0 Å². The van der Waals surface area contributed by atoms with Crippen molar-refractivity contribution in [1.82, 2.24) is 14.9 Å². The minimum Gasteiger partial charge on any atom is -0.438 e. The van der Waals surface area contributed by atoms with Crippen LogP contribution in [0.5, 0.6) is 11.6 Å². The molecule has 0 saturated carbocycles. The van der Waals surface area contributed by atoms with Crippen LogP contribution in [-0.4, -0.2) is 34.4 Å². The number of hydrogen-bond acceptors (Lipinski definition) is 5. The molecule has 2 heterocycles. The molecule has 3 aromatic carbocycles. The molecule has 0 N–H and O–H groups in total. The molecule has 6 nitrogen and oxygen atoms in total. The van der Waals surface area contributed by atoms with Gasteiger partial charge in [0.2, 0.25) is 17.7 Å². The first-order valence-corrected chi connectivity index (χ1v) is 12.9. The third kappa shape index (κ3) is 5.67. The smallest absolute Gasteiger partial charge is 0.230 e. The highest BCUT2D eigenvalue weighted by Gasteiger charge is 2.31. The van der Waals surface area contributed by atoms with Crippen molar-refractivity contribution in [2.45, 2.75) is 38.8 Å². The fraction of sp³-hybridized carbons (Fsp3) is 0.258. The van der Waals surface area contributed by atoms with E-state index in [1.54, 1.807) is 12.1 Å². The quantitative estimate of drug-likeness (QED) is 0.286. The van der Waals surface area contributed by atoms with E-state index in [2.05, 4.69) is 12.1 Å². The molecular formula is C31H31FN4O2. The summed E-state index contributed by atoms with van der Waals surface area (Å²) in [5.74, 6) is 0.942. The molecule has 194 valence electrons. The van der Waals surface area contributed by atoms with Gasteiger partial charge in [-0.05, 0) is 41.8 Å². The van der Waals surface area contributed by atoms with Gasteiger partial charge in [0.15, 0.2) is 0 Å². The van der Waals surface area contributed by atoms with Gasteiger partial charge in [-0.15, -0.1) is 0 Å². The first-order chi connectivity index (χ1) is 18.5. The molecule has 7 heteroatoms. The van der Waals surface area contributed by atoms with Crippen LogP contribution in [0.15, 0.2) is 84.9 Å². The van der Waals surface area contributed by atoms with Gasteiger partial charge < -0.3 is 14.5 Å². The second kappa shape index (κ2) is 11.4. The lowest BCUT2D eigenvalue weighted by atomic mass is 9.94. The Morgan fingerprint density at radius 3 is 2.37 bits per heavy atom. The molecule has 0 radical (unpaired) electrons. The standard InChI is InChI=1S/C31H31FN4O2/c1-3-26(23-12-8-5-9-13-23)30(37)36-19-18-28-27(21-36)29(38-25-16-14-24(32)15-17-25)34-31(33-28)35(2)20-22-10-6-4-7-11-22/h4-17,26H,3,18-21H2,1-2H3. The predicted octanol–water partition coefficient (Wildman–Crippen LogP) is 6.12. The molecule has 0 spiro atoms. The third-order valence-electron chi connectivity index (χ3n) is 6.86. The van der Waals surface area contributed by atoms with Gasteiger partial charge in [0.25, 0.3) is 0 Å². The molecule has 5 rings (SSSR count). The molecule has 0 saturated heterocycles. The number of anilines is 1. The number of hydrogen-bond donors (Lipinski definition) is 0. The minimum atomic E-state index is -0.339. The summed E-state index contributed by atoms with van der Waals surface area (Å²) in [5, 5.41) is 0.